The molecule has 0 radical (unpaired) electrons. The maximum Gasteiger partial charge on any atom is 0.319 e. The van der Waals surface area contributed by atoms with E-state index in [1.165, 1.54) is 6.07 Å². The van der Waals surface area contributed by atoms with Crippen LogP contribution in [0.25, 0.3) is 0 Å². The number of benzene rings is 1. The maximum absolute atomic E-state index is 11.9. The molecule has 0 aliphatic heterocycles. The number of anilines is 1. The minimum atomic E-state index is -1.30. The predicted molar refractivity (Wildman–Crippen MR) is 69.1 cm³/mol. The summed E-state index contributed by atoms with van der Waals surface area (Å²) in [5, 5.41) is 11.6. The van der Waals surface area contributed by atoms with E-state index in [0.29, 0.717) is 24.3 Å². The summed E-state index contributed by atoms with van der Waals surface area (Å²) in [6.07, 6.45) is 0.679. The van der Waals surface area contributed by atoms with Crippen molar-refractivity contribution in [2.24, 2.45) is 11.1 Å². The van der Waals surface area contributed by atoms with Gasteiger partial charge in [-0.2, -0.15) is 0 Å². The molecule has 1 aliphatic carbocycles. The van der Waals surface area contributed by atoms with Gasteiger partial charge in [0.1, 0.15) is 11.2 Å². The van der Waals surface area contributed by atoms with Crippen molar-refractivity contribution in [2.75, 3.05) is 11.9 Å². The van der Waals surface area contributed by atoms with Crippen molar-refractivity contribution in [3.8, 4) is 5.75 Å². The number of primary amides is 1. The summed E-state index contributed by atoms with van der Waals surface area (Å²) in [4.78, 5) is 33.5. The molecule has 4 N–H and O–H groups in total. The van der Waals surface area contributed by atoms with Crippen LogP contribution in [-0.4, -0.2) is 29.5 Å². The molecule has 1 fully saturated rings. The zero-order valence-electron chi connectivity index (χ0n) is 10.6. The molecule has 7 heteroatoms. The zero-order chi connectivity index (χ0) is 14.8. The number of carbonyl (C=O) groups excluding carboxylic acids is 2. The first kappa shape index (κ1) is 13.9. The third kappa shape index (κ3) is 2.87. The van der Waals surface area contributed by atoms with Gasteiger partial charge in [-0.1, -0.05) is 6.07 Å². The Labute approximate surface area is 114 Å². The van der Waals surface area contributed by atoms with Crippen LogP contribution in [0.3, 0.4) is 0 Å². The fourth-order valence-electron chi connectivity index (χ4n) is 1.73. The van der Waals surface area contributed by atoms with Gasteiger partial charge in [0.25, 0.3) is 5.91 Å². The van der Waals surface area contributed by atoms with Crippen molar-refractivity contribution in [1.82, 2.24) is 0 Å². The first-order chi connectivity index (χ1) is 9.44. The monoisotopic (exact) mass is 278 g/mol. The van der Waals surface area contributed by atoms with Crippen LogP contribution in [-0.2, 0) is 14.4 Å². The van der Waals surface area contributed by atoms with Crippen molar-refractivity contribution in [2.45, 2.75) is 12.8 Å². The Balaban J connectivity index is 2.03. The number of aliphatic carboxylic acids is 1. The molecular formula is C13H14N2O5. The Morgan fingerprint density at radius 2 is 2.05 bits per heavy atom. The topological polar surface area (TPSA) is 119 Å². The number of nitrogens with two attached hydrogens (primary N) is 1. The highest BCUT2D eigenvalue weighted by Gasteiger charge is 2.57. The van der Waals surface area contributed by atoms with Gasteiger partial charge >= 0.3 is 5.97 Å². The fourth-order valence-corrected chi connectivity index (χ4v) is 1.73. The van der Waals surface area contributed by atoms with E-state index in [0.717, 1.165) is 0 Å². The summed E-state index contributed by atoms with van der Waals surface area (Å²) in [7, 11) is 0. The zero-order valence-corrected chi connectivity index (χ0v) is 10.6. The molecule has 0 heterocycles. The molecule has 7 nitrogen and oxygen atoms in total. The van der Waals surface area contributed by atoms with Crippen LogP contribution < -0.4 is 15.8 Å². The smallest absolute Gasteiger partial charge is 0.319 e. The third-order valence-corrected chi connectivity index (χ3v) is 3.07. The highest BCUT2D eigenvalue weighted by Crippen LogP contribution is 2.46. The van der Waals surface area contributed by atoms with Gasteiger partial charge in [-0.05, 0) is 25.0 Å². The number of hydrogen-bond acceptors (Lipinski definition) is 4. The lowest BCUT2D eigenvalue weighted by molar-refractivity contribution is -0.147. The van der Waals surface area contributed by atoms with Crippen molar-refractivity contribution >= 4 is 23.5 Å². The van der Waals surface area contributed by atoms with Crippen LogP contribution in [0.5, 0.6) is 5.75 Å². The van der Waals surface area contributed by atoms with Gasteiger partial charge in [0.05, 0.1) is 0 Å². The summed E-state index contributed by atoms with van der Waals surface area (Å²) in [5.41, 5.74) is 4.06. The Hall–Kier alpha value is -2.57. The van der Waals surface area contributed by atoms with E-state index in [-0.39, 0.29) is 6.61 Å². The fraction of sp³-hybridized carbons (Fsp3) is 0.308. The molecule has 106 valence electrons. The summed E-state index contributed by atoms with van der Waals surface area (Å²) >= 11 is 0. The van der Waals surface area contributed by atoms with Crippen molar-refractivity contribution in [3.63, 3.8) is 0 Å². The van der Waals surface area contributed by atoms with Crippen molar-refractivity contribution < 1.29 is 24.2 Å². The van der Waals surface area contributed by atoms with E-state index < -0.39 is 23.2 Å². The third-order valence-electron chi connectivity index (χ3n) is 3.07. The Morgan fingerprint density at radius 1 is 1.35 bits per heavy atom. The van der Waals surface area contributed by atoms with E-state index in [4.69, 9.17) is 15.6 Å². The molecule has 0 bridgehead atoms. The van der Waals surface area contributed by atoms with Crippen LogP contribution in [0.1, 0.15) is 12.8 Å². The quantitative estimate of drug-likeness (QED) is 0.649. The summed E-state index contributed by atoms with van der Waals surface area (Å²) < 4.78 is 5.10. The molecule has 0 unspecified atom stereocenters. The molecule has 0 aromatic heterocycles. The molecule has 1 aromatic carbocycles. The van der Waals surface area contributed by atoms with Crippen LogP contribution >= 0.6 is 0 Å². The lowest BCUT2D eigenvalue weighted by atomic mass is 10.1. The molecule has 0 atom stereocenters. The number of nitrogens with one attached hydrogen (secondary N) is 1. The van der Waals surface area contributed by atoms with Gasteiger partial charge in [-0.15, -0.1) is 0 Å². The molecular weight excluding hydrogens is 264 g/mol. The molecule has 0 saturated heterocycles. The van der Waals surface area contributed by atoms with Gasteiger partial charge in [0.15, 0.2) is 6.61 Å². The molecule has 2 amide bonds. The Kier molecular flexibility index (Phi) is 3.60. The summed E-state index contributed by atoms with van der Waals surface area (Å²) in [6.45, 7) is -0.267. The minimum absolute atomic E-state index is 0.267. The lowest BCUT2D eigenvalue weighted by Gasteiger charge is -2.11. The second-order valence-corrected chi connectivity index (χ2v) is 4.62. The van der Waals surface area contributed by atoms with Gasteiger partial charge in [-0.3, -0.25) is 14.4 Å². The van der Waals surface area contributed by atoms with Crippen LogP contribution in [0.15, 0.2) is 24.3 Å². The van der Waals surface area contributed by atoms with Crippen molar-refractivity contribution in [3.05, 3.63) is 24.3 Å². The molecule has 0 spiro atoms. The maximum atomic E-state index is 11.9. The van der Waals surface area contributed by atoms with Gasteiger partial charge in [0, 0.05) is 11.8 Å². The number of carboxylic acids is 1. The SMILES string of the molecule is NC(=O)COc1cccc(NC(=O)C2(C(=O)O)CC2)c1. The molecule has 2 rings (SSSR count). The largest absolute Gasteiger partial charge is 0.484 e. The van der Waals surface area contributed by atoms with E-state index in [1.807, 2.05) is 0 Å². The van der Waals surface area contributed by atoms with E-state index in [9.17, 15) is 14.4 Å². The average Bonchev–Trinajstić information content (AvgIpc) is 3.18. The highest BCUT2D eigenvalue weighted by atomic mass is 16.5. The number of carbonyl (C=O) groups is 3. The second-order valence-electron chi connectivity index (χ2n) is 4.62. The van der Waals surface area contributed by atoms with Gasteiger partial charge in [0.2, 0.25) is 5.91 Å². The minimum Gasteiger partial charge on any atom is -0.484 e. The van der Waals surface area contributed by atoms with E-state index in [2.05, 4.69) is 5.32 Å². The van der Waals surface area contributed by atoms with Crippen molar-refractivity contribution in [1.29, 1.82) is 0 Å². The molecule has 1 aromatic rings. The summed E-state index contributed by atoms with van der Waals surface area (Å²) in [5.74, 6) is -1.91. The number of ether oxygens (including phenoxy) is 1. The van der Waals surface area contributed by atoms with Crippen LogP contribution in [0, 0.1) is 5.41 Å². The summed E-state index contributed by atoms with van der Waals surface area (Å²) in [6, 6.07) is 6.32. The number of amides is 2. The highest BCUT2D eigenvalue weighted by molar-refractivity contribution is 6.10. The normalized spacial score (nSPS) is 15.2. The Morgan fingerprint density at radius 3 is 2.60 bits per heavy atom. The van der Waals surface area contributed by atoms with E-state index in [1.54, 1.807) is 18.2 Å². The Bertz CT molecular complexity index is 566. The first-order valence-corrected chi connectivity index (χ1v) is 6.00. The first-order valence-electron chi connectivity index (χ1n) is 6.00. The molecule has 20 heavy (non-hydrogen) atoms. The standard InChI is InChI=1S/C13H14N2O5/c14-10(16)7-20-9-3-1-2-8(6-9)15-11(17)13(4-5-13)12(18)19/h1-3,6H,4-5,7H2,(H2,14,16)(H,15,17)(H,18,19). The molecule has 1 saturated carbocycles. The predicted octanol–water partition coefficient (Wildman–Crippen LogP) is 0.354. The lowest BCUT2D eigenvalue weighted by Crippen LogP contribution is -2.31. The van der Waals surface area contributed by atoms with Crippen LogP contribution in [0.2, 0.25) is 0 Å². The number of hydrogen-bond donors (Lipinski definition) is 3. The van der Waals surface area contributed by atoms with Crippen LogP contribution in [0.4, 0.5) is 5.69 Å². The number of carboxylic acid groups (broad SMARTS) is 1. The molecule has 1 aliphatic rings. The van der Waals surface area contributed by atoms with E-state index >= 15 is 0 Å². The average molecular weight is 278 g/mol. The van der Waals surface area contributed by atoms with Gasteiger partial charge < -0.3 is 20.9 Å². The second kappa shape index (κ2) is 5.20. The number of rotatable bonds is 6. The van der Waals surface area contributed by atoms with Gasteiger partial charge in [-0.25, -0.2) is 0 Å².